The smallest absolute Gasteiger partial charge is 0.309 e. The lowest BCUT2D eigenvalue weighted by Crippen LogP contribution is -2.12. The second kappa shape index (κ2) is 5.85. The van der Waals surface area contributed by atoms with E-state index in [-0.39, 0.29) is 5.75 Å². The lowest BCUT2D eigenvalue weighted by molar-refractivity contribution is 0.485. The summed E-state index contributed by atoms with van der Waals surface area (Å²) in [6, 6.07) is 14.9. The van der Waals surface area contributed by atoms with Crippen molar-refractivity contribution in [1.82, 2.24) is 0 Å². The molecular weight excluding hydrogens is 300 g/mol. The summed E-state index contributed by atoms with van der Waals surface area (Å²) in [5.41, 5.74) is 2.87. The van der Waals surface area contributed by atoms with Crippen molar-refractivity contribution in [3.63, 3.8) is 0 Å². The van der Waals surface area contributed by atoms with Gasteiger partial charge in [-0.05, 0) is 47.9 Å². The van der Waals surface area contributed by atoms with Gasteiger partial charge in [0.25, 0.3) is 0 Å². The van der Waals surface area contributed by atoms with Crippen molar-refractivity contribution in [3.05, 3.63) is 54.8 Å². The summed E-state index contributed by atoms with van der Waals surface area (Å²) in [6.45, 7) is 1.80. The minimum absolute atomic E-state index is 0.0198. The molecule has 4 nitrogen and oxygen atoms in total. The molecule has 0 aliphatic carbocycles. The molecular formula is C17H16O4S. The van der Waals surface area contributed by atoms with Crippen molar-refractivity contribution in [2.24, 2.45) is 0 Å². The Morgan fingerprint density at radius 1 is 1.00 bits per heavy atom. The van der Waals surface area contributed by atoms with Crippen molar-refractivity contribution in [2.75, 3.05) is 5.75 Å². The Kier molecular flexibility index (Phi) is 3.90. The van der Waals surface area contributed by atoms with E-state index in [2.05, 4.69) is 0 Å². The Morgan fingerprint density at radius 3 is 2.45 bits per heavy atom. The SMILES string of the molecule is CCCS(=O)(=O)Oc1ccc(-c2ccc3occc3c2)cc1. The molecule has 0 aliphatic rings. The normalized spacial score (nSPS) is 11.7. The average Bonchev–Trinajstić information content (AvgIpc) is 2.95. The molecule has 0 N–H and O–H groups in total. The fraction of sp³-hybridized carbons (Fsp3) is 0.176. The zero-order valence-electron chi connectivity index (χ0n) is 12.2. The molecule has 114 valence electrons. The number of benzene rings is 2. The molecule has 0 bridgehead atoms. The summed E-state index contributed by atoms with van der Waals surface area (Å²) < 4.78 is 33.6. The molecule has 0 radical (unpaired) electrons. The van der Waals surface area contributed by atoms with E-state index >= 15 is 0 Å². The van der Waals surface area contributed by atoms with Gasteiger partial charge in [-0.15, -0.1) is 0 Å². The van der Waals surface area contributed by atoms with Crippen LogP contribution in [0.2, 0.25) is 0 Å². The highest BCUT2D eigenvalue weighted by atomic mass is 32.2. The molecule has 1 heterocycles. The van der Waals surface area contributed by atoms with Gasteiger partial charge in [-0.25, -0.2) is 0 Å². The lowest BCUT2D eigenvalue weighted by Gasteiger charge is -2.07. The second-order valence-electron chi connectivity index (χ2n) is 5.04. The van der Waals surface area contributed by atoms with Crippen molar-refractivity contribution in [3.8, 4) is 16.9 Å². The van der Waals surface area contributed by atoms with Crippen molar-refractivity contribution in [1.29, 1.82) is 0 Å². The maximum atomic E-state index is 11.6. The third-order valence-corrected chi connectivity index (χ3v) is 4.67. The van der Waals surface area contributed by atoms with Crippen molar-refractivity contribution in [2.45, 2.75) is 13.3 Å². The first-order chi connectivity index (χ1) is 10.6. The molecule has 0 saturated heterocycles. The third kappa shape index (κ3) is 3.14. The van der Waals surface area contributed by atoms with Crippen LogP contribution in [0.15, 0.2) is 59.2 Å². The predicted molar refractivity (Wildman–Crippen MR) is 86.4 cm³/mol. The number of fused-ring (bicyclic) bond motifs is 1. The highest BCUT2D eigenvalue weighted by molar-refractivity contribution is 7.87. The third-order valence-electron chi connectivity index (χ3n) is 3.32. The van der Waals surface area contributed by atoms with Gasteiger partial charge in [0.1, 0.15) is 11.3 Å². The number of rotatable bonds is 5. The second-order valence-corrected chi connectivity index (χ2v) is 6.73. The van der Waals surface area contributed by atoms with Crippen molar-refractivity contribution < 1.29 is 17.0 Å². The summed E-state index contributed by atoms with van der Waals surface area (Å²) in [4.78, 5) is 0. The first kappa shape index (κ1) is 14.7. The van der Waals surface area contributed by atoms with Gasteiger partial charge in [-0.3, -0.25) is 0 Å². The van der Waals surface area contributed by atoms with E-state index in [0.29, 0.717) is 12.2 Å². The Balaban J connectivity index is 1.84. The molecule has 0 atom stereocenters. The minimum atomic E-state index is -3.50. The number of hydrogen-bond acceptors (Lipinski definition) is 4. The maximum Gasteiger partial charge on any atom is 0.309 e. The summed E-state index contributed by atoms with van der Waals surface area (Å²) in [5, 5.41) is 1.03. The summed E-state index contributed by atoms with van der Waals surface area (Å²) in [7, 11) is -3.50. The van der Waals surface area contributed by atoms with Crippen LogP contribution in [0.4, 0.5) is 0 Å². The quantitative estimate of drug-likeness (QED) is 0.661. The van der Waals surface area contributed by atoms with Gasteiger partial charge in [-0.1, -0.05) is 25.1 Å². The first-order valence-electron chi connectivity index (χ1n) is 7.07. The molecule has 0 fully saturated rings. The van der Waals surface area contributed by atoms with E-state index in [0.717, 1.165) is 22.1 Å². The zero-order chi connectivity index (χ0) is 15.6. The van der Waals surface area contributed by atoms with Crippen LogP contribution in [-0.2, 0) is 10.1 Å². The van der Waals surface area contributed by atoms with E-state index < -0.39 is 10.1 Å². The fourth-order valence-corrected chi connectivity index (χ4v) is 3.28. The Bertz CT molecular complexity index is 876. The van der Waals surface area contributed by atoms with Gasteiger partial charge >= 0.3 is 10.1 Å². The molecule has 22 heavy (non-hydrogen) atoms. The van der Waals surface area contributed by atoms with E-state index in [1.54, 1.807) is 25.3 Å². The predicted octanol–water partition coefficient (Wildman–Crippen LogP) is 4.22. The minimum Gasteiger partial charge on any atom is -0.464 e. The van der Waals surface area contributed by atoms with E-state index in [4.69, 9.17) is 8.60 Å². The average molecular weight is 316 g/mol. The molecule has 0 aliphatic heterocycles. The Hall–Kier alpha value is -2.27. The highest BCUT2D eigenvalue weighted by Gasteiger charge is 2.11. The van der Waals surface area contributed by atoms with Gasteiger partial charge in [0.05, 0.1) is 12.0 Å². The Morgan fingerprint density at radius 2 is 1.73 bits per heavy atom. The molecule has 3 aromatic rings. The van der Waals surface area contributed by atoms with Crippen LogP contribution < -0.4 is 4.18 Å². The van der Waals surface area contributed by atoms with E-state index in [9.17, 15) is 8.42 Å². The number of hydrogen-bond donors (Lipinski definition) is 0. The van der Waals surface area contributed by atoms with Gasteiger partial charge in [0.2, 0.25) is 0 Å². The largest absolute Gasteiger partial charge is 0.464 e. The van der Waals surface area contributed by atoms with Crippen molar-refractivity contribution >= 4 is 21.1 Å². The fourth-order valence-electron chi connectivity index (χ4n) is 2.29. The molecule has 0 amide bonds. The van der Waals surface area contributed by atoms with Crippen LogP contribution in [0.1, 0.15) is 13.3 Å². The van der Waals surface area contributed by atoms with E-state index in [1.807, 2.05) is 36.4 Å². The first-order valence-corrected chi connectivity index (χ1v) is 8.65. The summed E-state index contributed by atoms with van der Waals surface area (Å²) in [5.74, 6) is 0.355. The zero-order valence-corrected chi connectivity index (χ0v) is 13.0. The summed E-state index contributed by atoms with van der Waals surface area (Å²) in [6.07, 6.45) is 2.19. The van der Waals surface area contributed by atoms with E-state index in [1.165, 1.54) is 0 Å². The molecule has 3 rings (SSSR count). The molecule has 5 heteroatoms. The number of furan rings is 1. The van der Waals surface area contributed by atoms with Gasteiger partial charge < -0.3 is 8.60 Å². The standard InChI is InChI=1S/C17H16O4S/c1-2-11-22(18,19)21-16-6-3-13(4-7-16)14-5-8-17-15(12-14)9-10-20-17/h3-10,12H,2,11H2,1H3. The van der Waals surface area contributed by atoms with Crippen LogP contribution in [-0.4, -0.2) is 14.2 Å². The summed E-state index contributed by atoms with van der Waals surface area (Å²) >= 11 is 0. The molecule has 0 saturated carbocycles. The van der Waals surface area contributed by atoms with Crippen LogP contribution in [0.25, 0.3) is 22.1 Å². The molecule has 0 unspecified atom stereocenters. The Labute approximate surface area is 129 Å². The molecule has 2 aromatic carbocycles. The van der Waals surface area contributed by atoms with Gasteiger partial charge in [-0.2, -0.15) is 8.42 Å². The lowest BCUT2D eigenvalue weighted by atomic mass is 10.0. The van der Waals surface area contributed by atoms with Gasteiger partial charge in [0, 0.05) is 5.39 Å². The molecule has 1 aromatic heterocycles. The van der Waals surface area contributed by atoms with Crippen LogP contribution in [0.3, 0.4) is 0 Å². The van der Waals surface area contributed by atoms with Gasteiger partial charge in [0.15, 0.2) is 0 Å². The molecule has 0 spiro atoms. The van der Waals surface area contributed by atoms with Crippen LogP contribution >= 0.6 is 0 Å². The monoisotopic (exact) mass is 316 g/mol. The van der Waals surface area contributed by atoms with Crippen LogP contribution in [0.5, 0.6) is 5.75 Å². The highest BCUT2D eigenvalue weighted by Crippen LogP contribution is 2.27. The topological polar surface area (TPSA) is 56.5 Å². The van der Waals surface area contributed by atoms with Crippen LogP contribution in [0, 0.1) is 0 Å². The maximum absolute atomic E-state index is 11.6.